The lowest BCUT2D eigenvalue weighted by Gasteiger charge is -2.13. The van der Waals surface area contributed by atoms with Crippen LogP contribution in [0.4, 0.5) is 0 Å². The van der Waals surface area contributed by atoms with Gasteiger partial charge in [-0.25, -0.2) is 4.79 Å². The molecule has 0 unspecified atom stereocenters. The van der Waals surface area contributed by atoms with E-state index >= 15 is 0 Å². The number of hydrogen-bond acceptors (Lipinski definition) is 3. The molecule has 0 radical (unpaired) electrons. The summed E-state index contributed by atoms with van der Waals surface area (Å²) in [6.45, 7) is 8.03. The zero-order valence-electron chi connectivity index (χ0n) is 15.0. The van der Waals surface area contributed by atoms with Crippen LogP contribution in [0, 0.1) is 0 Å². The van der Waals surface area contributed by atoms with E-state index in [0.717, 1.165) is 24.8 Å². The van der Waals surface area contributed by atoms with Crippen molar-refractivity contribution >= 4 is 5.97 Å². The second-order valence-corrected chi connectivity index (χ2v) is 6.39. The van der Waals surface area contributed by atoms with Gasteiger partial charge in [-0.1, -0.05) is 36.6 Å². The van der Waals surface area contributed by atoms with Crippen molar-refractivity contribution in [1.82, 2.24) is 0 Å². The molecule has 0 fully saturated rings. The summed E-state index contributed by atoms with van der Waals surface area (Å²) in [6.07, 6.45) is 7.48. The number of carboxylic acids is 1. The summed E-state index contributed by atoms with van der Waals surface area (Å²) in [5.74, 6) is -1.53. The van der Waals surface area contributed by atoms with Gasteiger partial charge < -0.3 is 15.3 Å². The van der Waals surface area contributed by atoms with Gasteiger partial charge in [-0.15, -0.1) is 0 Å². The molecule has 3 N–H and O–H groups in total. The number of hydrogen-bond donors (Lipinski definition) is 3. The second kappa shape index (κ2) is 9.16. The number of phenols is 2. The molecule has 1 aromatic carbocycles. The summed E-state index contributed by atoms with van der Waals surface area (Å²) in [5.41, 5.74) is 3.05. The van der Waals surface area contributed by atoms with Crippen molar-refractivity contribution in [1.29, 1.82) is 0 Å². The molecule has 0 saturated heterocycles. The number of phenolic OH excluding ortho intramolecular Hbond substituents is 1. The second-order valence-electron chi connectivity index (χ2n) is 6.39. The fourth-order valence-electron chi connectivity index (χ4n) is 2.62. The number of carboxylic acid groups (broad SMARTS) is 1. The summed E-state index contributed by atoms with van der Waals surface area (Å²) in [4.78, 5) is 11.5. The van der Waals surface area contributed by atoms with E-state index in [4.69, 9.17) is 0 Å². The molecule has 0 amide bonds. The Balaban J connectivity index is 3.05. The average Bonchev–Trinajstić information content (AvgIpc) is 2.46. The molecule has 0 atom stereocenters. The molecule has 0 spiro atoms. The highest BCUT2D eigenvalue weighted by Crippen LogP contribution is 2.35. The van der Waals surface area contributed by atoms with E-state index in [9.17, 15) is 20.1 Å². The van der Waals surface area contributed by atoms with Crippen molar-refractivity contribution < 1.29 is 20.1 Å². The van der Waals surface area contributed by atoms with Gasteiger partial charge in [0.2, 0.25) is 0 Å². The maximum Gasteiger partial charge on any atom is 0.339 e. The van der Waals surface area contributed by atoms with Crippen molar-refractivity contribution in [2.24, 2.45) is 0 Å². The average molecular weight is 332 g/mol. The van der Waals surface area contributed by atoms with E-state index in [-0.39, 0.29) is 22.6 Å². The lowest BCUT2D eigenvalue weighted by molar-refractivity contribution is 0.0692. The van der Waals surface area contributed by atoms with Crippen molar-refractivity contribution in [3.8, 4) is 11.5 Å². The molecular weight excluding hydrogens is 304 g/mol. The topological polar surface area (TPSA) is 77.8 Å². The molecule has 0 saturated carbocycles. The number of carbonyl (C=O) groups is 1. The van der Waals surface area contributed by atoms with Crippen LogP contribution in [0.15, 0.2) is 29.4 Å². The molecule has 1 aromatic rings. The molecule has 4 nitrogen and oxygen atoms in total. The van der Waals surface area contributed by atoms with Crippen LogP contribution in [-0.4, -0.2) is 21.3 Å². The van der Waals surface area contributed by atoms with Gasteiger partial charge in [0.1, 0.15) is 17.1 Å². The maximum absolute atomic E-state index is 11.5. The van der Waals surface area contributed by atoms with Crippen LogP contribution in [0.5, 0.6) is 11.5 Å². The van der Waals surface area contributed by atoms with Gasteiger partial charge in [-0.2, -0.15) is 0 Å². The van der Waals surface area contributed by atoms with Gasteiger partial charge in [-0.3, -0.25) is 0 Å². The summed E-state index contributed by atoms with van der Waals surface area (Å²) < 4.78 is 0. The Kier molecular flexibility index (Phi) is 7.56. The highest BCUT2D eigenvalue weighted by molar-refractivity contribution is 5.93. The fourth-order valence-corrected chi connectivity index (χ4v) is 2.62. The Bertz CT molecular complexity index is 650. The molecule has 24 heavy (non-hydrogen) atoms. The predicted octanol–water partition coefficient (Wildman–Crippen LogP) is 4.98. The summed E-state index contributed by atoms with van der Waals surface area (Å²) in [7, 11) is 0. The molecule has 4 heteroatoms. The Morgan fingerprint density at radius 2 is 1.83 bits per heavy atom. The summed E-state index contributed by atoms with van der Waals surface area (Å²) in [5, 5.41) is 29.9. The monoisotopic (exact) mass is 332 g/mol. The van der Waals surface area contributed by atoms with Gasteiger partial charge >= 0.3 is 5.97 Å². The van der Waals surface area contributed by atoms with Crippen molar-refractivity contribution in [2.45, 2.75) is 59.8 Å². The summed E-state index contributed by atoms with van der Waals surface area (Å²) >= 11 is 0. The molecule has 0 aliphatic rings. The lowest BCUT2D eigenvalue weighted by atomic mass is 9.95. The predicted molar refractivity (Wildman–Crippen MR) is 96.9 cm³/mol. The van der Waals surface area contributed by atoms with E-state index in [1.807, 2.05) is 19.9 Å². The number of aromatic carboxylic acids is 1. The quantitative estimate of drug-likeness (QED) is 0.586. The van der Waals surface area contributed by atoms with Gasteiger partial charge in [0.15, 0.2) is 0 Å². The molecule has 132 valence electrons. The van der Waals surface area contributed by atoms with Crippen LogP contribution >= 0.6 is 0 Å². The van der Waals surface area contributed by atoms with Crippen molar-refractivity contribution in [3.05, 3.63) is 46.1 Å². The number of rotatable bonds is 8. The molecule has 0 aliphatic carbocycles. The SMILES string of the molecule is CCCc1cc(O)c(CC=C(C)CCC=C(C)C)c(O)c1C(=O)O. The van der Waals surface area contributed by atoms with Gasteiger partial charge in [0, 0.05) is 5.56 Å². The van der Waals surface area contributed by atoms with E-state index in [1.54, 1.807) is 0 Å². The van der Waals surface area contributed by atoms with E-state index in [2.05, 4.69) is 19.9 Å². The third-order valence-electron chi connectivity index (χ3n) is 3.94. The largest absolute Gasteiger partial charge is 0.508 e. The standard InChI is InChI=1S/C20H28O4/c1-5-7-15-12-17(21)16(19(22)18(15)20(23)24)11-10-14(4)9-6-8-13(2)3/h8,10,12,21-22H,5-7,9,11H2,1-4H3,(H,23,24). The number of allylic oxidation sites excluding steroid dienone is 4. The Morgan fingerprint density at radius 3 is 2.38 bits per heavy atom. The van der Waals surface area contributed by atoms with Crippen molar-refractivity contribution in [2.75, 3.05) is 0 Å². The molecule has 0 heterocycles. The highest BCUT2D eigenvalue weighted by atomic mass is 16.4. The van der Waals surface area contributed by atoms with Crippen LogP contribution in [0.25, 0.3) is 0 Å². The van der Waals surface area contributed by atoms with Crippen LogP contribution in [0.2, 0.25) is 0 Å². The molecule has 0 aromatic heterocycles. The highest BCUT2D eigenvalue weighted by Gasteiger charge is 2.21. The van der Waals surface area contributed by atoms with Crippen molar-refractivity contribution in [3.63, 3.8) is 0 Å². The minimum Gasteiger partial charge on any atom is -0.508 e. The zero-order valence-corrected chi connectivity index (χ0v) is 15.0. The molecule has 0 bridgehead atoms. The first-order valence-corrected chi connectivity index (χ1v) is 8.36. The Labute approximate surface area is 144 Å². The Morgan fingerprint density at radius 1 is 1.17 bits per heavy atom. The van der Waals surface area contributed by atoms with Crippen LogP contribution in [-0.2, 0) is 12.8 Å². The van der Waals surface area contributed by atoms with Gasteiger partial charge in [0.05, 0.1) is 0 Å². The zero-order chi connectivity index (χ0) is 18.3. The first kappa shape index (κ1) is 19.8. The number of aromatic hydroxyl groups is 2. The van der Waals surface area contributed by atoms with Crippen LogP contribution in [0.1, 0.15) is 68.4 Å². The van der Waals surface area contributed by atoms with E-state index in [1.165, 1.54) is 11.6 Å². The minimum absolute atomic E-state index is 0.0469. The Hall–Kier alpha value is -2.23. The molecule has 1 rings (SSSR count). The first-order valence-electron chi connectivity index (χ1n) is 8.36. The molecule has 0 aliphatic heterocycles. The number of aryl methyl sites for hydroxylation is 1. The fraction of sp³-hybridized carbons (Fsp3) is 0.450. The first-order chi connectivity index (χ1) is 11.3. The van der Waals surface area contributed by atoms with Crippen LogP contribution < -0.4 is 0 Å². The van der Waals surface area contributed by atoms with Gasteiger partial charge in [-0.05, 0) is 58.1 Å². The minimum atomic E-state index is -1.17. The smallest absolute Gasteiger partial charge is 0.339 e. The molecular formula is C20H28O4. The normalized spacial score (nSPS) is 11.4. The van der Waals surface area contributed by atoms with E-state index < -0.39 is 5.97 Å². The number of benzene rings is 1. The third kappa shape index (κ3) is 5.44. The van der Waals surface area contributed by atoms with Crippen LogP contribution in [0.3, 0.4) is 0 Å². The van der Waals surface area contributed by atoms with Gasteiger partial charge in [0.25, 0.3) is 0 Å². The maximum atomic E-state index is 11.5. The summed E-state index contributed by atoms with van der Waals surface area (Å²) in [6, 6.07) is 1.47. The third-order valence-corrected chi connectivity index (χ3v) is 3.94. The lowest BCUT2D eigenvalue weighted by Crippen LogP contribution is -2.05. The van der Waals surface area contributed by atoms with E-state index in [0.29, 0.717) is 18.4 Å².